The monoisotopic (exact) mass is 331 g/mol. The van der Waals surface area contributed by atoms with Crippen molar-refractivity contribution in [1.82, 2.24) is 10.6 Å². The summed E-state index contributed by atoms with van der Waals surface area (Å²) in [5, 5.41) is 5.48. The van der Waals surface area contributed by atoms with E-state index in [1.54, 1.807) is 0 Å². The maximum Gasteiger partial charge on any atom is 0.390 e. The molecule has 0 bridgehead atoms. The summed E-state index contributed by atoms with van der Waals surface area (Å²) in [7, 11) is -1.57. The highest BCUT2D eigenvalue weighted by Crippen LogP contribution is 2.20. The van der Waals surface area contributed by atoms with Crippen molar-refractivity contribution in [3.8, 4) is 0 Å². The maximum absolute atomic E-state index is 12.0. The van der Waals surface area contributed by atoms with E-state index >= 15 is 0 Å². The Morgan fingerprint density at radius 2 is 1.71 bits per heavy atom. The molecule has 0 heterocycles. The van der Waals surface area contributed by atoms with Crippen molar-refractivity contribution in [3.63, 3.8) is 0 Å². The maximum atomic E-state index is 12.0. The first kappa shape index (κ1) is 20.0. The third-order valence-electron chi connectivity index (χ3n) is 2.81. The second-order valence-corrected chi connectivity index (χ2v) is 8.02. The van der Waals surface area contributed by atoms with E-state index in [-0.39, 0.29) is 23.7 Å². The van der Waals surface area contributed by atoms with Crippen LogP contribution in [0.4, 0.5) is 13.2 Å². The van der Waals surface area contributed by atoms with E-state index in [0.29, 0.717) is 13.0 Å². The molecule has 0 aromatic heterocycles. The quantitative estimate of drug-likeness (QED) is 0.549. The molecule has 5 nitrogen and oxygen atoms in total. The van der Waals surface area contributed by atoms with Crippen molar-refractivity contribution < 1.29 is 21.6 Å². The van der Waals surface area contributed by atoms with E-state index < -0.39 is 22.4 Å². The largest absolute Gasteiger partial charge is 0.390 e. The molecular weight excluding hydrogens is 307 g/mol. The van der Waals surface area contributed by atoms with Gasteiger partial charge in [0.05, 0.1) is 12.2 Å². The molecule has 2 N–H and O–H groups in total. The summed E-state index contributed by atoms with van der Waals surface area (Å²) in [5.74, 6) is 0.341. The molecule has 0 atom stereocenters. The first-order chi connectivity index (χ1) is 9.35. The van der Waals surface area contributed by atoms with Crippen LogP contribution in [-0.2, 0) is 9.84 Å². The molecule has 0 saturated carbocycles. The van der Waals surface area contributed by atoms with E-state index in [4.69, 9.17) is 0 Å². The summed E-state index contributed by atoms with van der Waals surface area (Å²) in [5.41, 5.74) is -0.315. The molecule has 0 aromatic carbocycles. The summed E-state index contributed by atoms with van der Waals surface area (Å²) < 4.78 is 58.4. The number of aliphatic imine (C=N–C) groups is 1. The van der Waals surface area contributed by atoms with Gasteiger partial charge in [0, 0.05) is 26.4 Å². The highest BCUT2D eigenvalue weighted by Gasteiger charge is 2.26. The first-order valence-electron chi connectivity index (χ1n) is 6.54. The first-order valence-corrected chi connectivity index (χ1v) is 8.60. The molecule has 21 heavy (non-hydrogen) atoms. The normalized spacial score (nSPS) is 14.1. The summed E-state index contributed by atoms with van der Waals surface area (Å²) in [6.07, 6.45) is -3.52. The Morgan fingerprint density at radius 3 is 2.14 bits per heavy atom. The van der Waals surface area contributed by atoms with Gasteiger partial charge in [0.15, 0.2) is 5.96 Å². The van der Waals surface area contributed by atoms with E-state index in [0.717, 1.165) is 0 Å². The Balaban J connectivity index is 4.21. The molecule has 0 fully saturated rings. The van der Waals surface area contributed by atoms with Gasteiger partial charge in [-0.25, -0.2) is 8.42 Å². The molecule has 0 aliphatic carbocycles. The molecule has 0 spiro atoms. The number of rotatable bonds is 7. The van der Waals surface area contributed by atoms with E-state index in [2.05, 4.69) is 15.6 Å². The van der Waals surface area contributed by atoms with Gasteiger partial charge >= 0.3 is 6.18 Å². The van der Waals surface area contributed by atoms with Crippen molar-refractivity contribution in [2.75, 3.05) is 32.1 Å². The molecule has 0 amide bonds. The Bertz CT molecular complexity index is 445. The molecule has 0 unspecified atom stereocenters. The van der Waals surface area contributed by atoms with E-state index in [1.165, 1.54) is 13.3 Å². The van der Waals surface area contributed by atoms with Crippen LogP contribution in [0.1, 0.15) is 26.7 Å². The van der Waals surface area contributed by atoms with Gasteiger partial charge in [-0.3, -0.25) is 4.99 Å². The Kier molecular flexibility index (Phi) is 7.49. The van der Waals surface area contributed by atoms with Crippen molar-refractivity contribution in [3.05, 3.63) is 0 Å². The fraction of sp³-hybridized carbons (Fsp3) is 0.917. The zero-order valence-electron chi connectivity index (χ0n) is 12.8. The van der Waals surface area contributed by atoms with Gasteiger partial charge in [0.2, 0.25) is 0 Å². The van der Waals surface area contributed by atoms with Crippen molar-refractivity contribution >= 4 is 15.8 Å². The van der Waals surface area contributed by atoms with Crippen LogP contribution in [-0.4, -0.2) is 52.7 Å². The van der Waals surface area contributed by atoms with Gasteiger partial charge in [-0.1, -0.05) is 13.8 Å². The number of alkyl halides is 3. The minimum Gasteiger partial charge on any atom is -0.356 e. The summed E-state index contributed by atoms with van der Waals surface area (Å²) in [6, 6.07) is 0. The molecule has 126 valence electrons. The van der Waals surface area contributed by atoms with Crippen molar-refractivity contribution in [2.24, 2.45) is 10.4 Å². The average molecular weight is 331 g/mol. The van der Waals surface area contributed by atoms with Crippen LogP contribution in [0.2, 0.25) is 0 Å². The molecule has 0 rings (SSSR count). The standard InChI is InChI=1S/C12H24F3N3O2S/c1-11(2,6-8-21(4,19)20)9-18-10(16-3)17-7-5-12(13,14)15/h5-9H2,1-4H3,(H2,16,17,18). The van der Waals surface area contributed by atoms with Gasteiger partial charge in [-0.05, 0) is 11.8 Å². The topological polar surface area (TPSA) is 70.6 Å². The fourth-order valence-corrected chi connectivity index (χ4v) is 2.34. The summed E-state index contributed by atoms with van der Waals surface area (Å²) in [6.45, 7) is 3.92. The average Bonchev–Trinajstić information content (AvgIpc) is 2.29. The van der Waals surface area contributed by atoms with Gasteiger partial charge in [-0.2, -0.15) is 13.2 Å². The predicted octanol–water partition coefficient (Wildman–Crippen LogP) is 1.56. The Morgan fingerprint density at radius 1 is 1.14 bits per heavy atom. The lowest BCUT2D eigenvalue weighted by Gasteiger charge is -2.25. The van der Waals surface area contributed by atoms with Crippen LogP contribution in [0.25, 0.3) is 0 Å². The van der Waals surface area contributed by atoms with Crippen molar-refractivity contribution in [1.29, 1.82) is 0 Å². The molecule has 0 aliphatic rings. The highest BCUT2D eigenvalue weighted by atomic mass is 32.2. The second-order valence-electron chi connectivity index (χ2n) is 5.76. The van der Waals surface area contributed by atoms with E-state index in [9.17, 15) is 21.6 Å². The van der Waals surface area contributed by atoms with Gasteiger partial charge in [0.1, 0.15) is 9.84 Å². The molecule has 0 aromatic rings. The van der Waals surface area contributed by atoms with Gasteiger partial charge in [-0.15, -0.1) is 0 Å². The number of hydrogen-bond donors (Lipinski definition) is 2. The van der Waals surface area contributed by atoms with Crippen LogP contribution >= 0.6 is 0 Å². The number of hydrogen-bond acceptors (Lipinski definition) is 3. The number of halogens is 3. The Hall–Kier alpha value is -0.990. The van der Waals surface area contributed by atoms with E-state index in [1.807, 2.05) is 13.8 Å². The molecular formula is C12H24F3N3O2S. The minimum atomic E-state index is -4.21. The predicted molar refractivity (Wildman–Crippen MR) is 78.1 cm³/mol. The second kappa shape index (κ2) is 7.86. The Labute approximate surface area is 124 Å². The minimum absolute atomic E-state index is 0.0712. The molecule has 0 aliphatic heterocycles. The van der Waals surface area contributed by atoms with Crippen LogP contribution in [0, 0.1) is 5.41 Å². The third-order valence-corrected chi connectivity index (χ3v) is 3.75. The number of sulfone groups is 1. The fourth-order valence-electron chi connectivity index (χ4n) is 1.42. The smallest absolute Gasteiger partial charge is 0.356 e. The summed E-state index contributed by atoms with van der Waals surface area (Å²) >= 11 is 0. The lowest BCUT2D eigenvalue weighted by molar-refractivity contribution is -0.132. The zero-order valence-corrected chi connectivity index (χ0v) is 13.7. The van der Waals surface area contributed by atoms with Crippen LogP contribution in [0.3, 0.4) is 0 Å². The van der Waals surface area contributed by atoms with Crippen molar-refractivity contribution in [2.45, 2.75) is 32.9 Å². The zero-order chi connectivity index (χ0) is 16.7. The number of nitrogens with zero attached hydrogens (tertiary/aromatic N) is 1. The van der Waals surface area contributed by atoms with Crippen LogP contribution in [0.5, 0.6) is 0 Å². The number of guanidine groups is 1. The lowest BCUT2D eigenvalue weighted by Crippen LogP contribution is -2.43. The molecule has 9 heteroatoms. The summed E-state index contributed by atoms with van der Waals surface area (Å²) in [4.78, 5) is 3.83. The molecule has 0 radical (unpaired) electrons. The van der Waals surface area contributed by atoms with Crippen LogP contribution < -0.4 is 10.6 Å². The number of nitrogens with one attached hydrogen (secondary N) is 2. The van der Waals surface area contributed by atoms with Gasteiger partial charge in [0.25, 0.3) is 0 Å². The SMILES string of the molecule is CN=C(NCCC(F)(F)F)NCC(C)(C)CCS(C)(=O)=O. The molecule has 0 saturated heterocycles. The van der Waals surface area contributed by atoms with Gasteiger partial charge < -0.3 is 10.6 Å². The highest BCUT2D eigenvalue weighted by molar-refractivity contribution is 7.90. The third kappa shape index (κ3) is 12.5. The lowest BCUT2D eigenvalue weighted by atomic mass is 9.90. The van der Waals surface area contributed by atoms with Crippen LogP contribution in [0.15, 0.2) is 4.99 Å².